The van der Waals surface area contributed by atoms with Gasteiger partial charge < -0.3 is 4.74 Å². The first-order chi connectivity index (χ1) is 9.01. The molecule has 0 saturated carbocycles. The summed E-state index contributed by atoms with van der Waals surface area (Å²) in [5.41, 5.74) is 3.85. The average molecular weight is 277 g/mol. The van der Waals surface area contributed by atoms with E-state index < -0.39 is 5.97 Å². The summed E-state index contributed by atoms with van der Waals surface area (Å²) in [6, 6.07) is 7.59. The van der Waals surface area contributed by atoms with E-state index >= 15 is 0 Å². The molecule has 0 aliphatic rings. The van der Waals surface area contributed by atoms with Crippen molar-refractivity contribution < 1.29 is 9.53 Å². The van der Waals surface area contributed by atoms with Crippen molar-refractivity contribution in [2.75, 3.05) is 7.11 Å². The van der Waals surface area contributed by atoms with Gasteiger partial charge in [-0.1, -0.05) is 17.7 Å². The highest BCUT2D eigenvalue weighted by atomic mass is 35.5. The Morgan fingerprint density at radius 1 is 1.21 bits per heavy atom. The number of carbonyl (C=O) groups excluding carboxylic acids is 1. The van der Waals surface area contributed by atoms with Gasteiger partial charge in [0.1, 0.15) is 0 Å². The second-order valence-electron chi connectivity index (χ2n) is 4.22. The van der Waals surface area contributed by atoms with Crippen LogP contribution in [-0.2, 0) is 4.74 Å². The Bertz CT molecular complexity index is 641. The number of carbonyl (C=O) groups is 1. The number of rotatable bonds is 2. The fraction of sp³-hybridized carbons (Fsp3) is 0.214. The van der Waals surface area contributed by atoms with Crippen LogP contribution in [0.25, 0.3) is 11.3 Å². The Balaban J connectivity index is 2.59. The van der Waals surface area contributed by atoms with E-state index in [1.54, 1.807) is 6.07 Å². The number of hydrogen-bond acceptors (Lipinski definition) is 4. The van der Waals surface area contributed by atoms with Crippen LogP contribution in [-0.4, -0.2) is 23.0 Å². The van der Waals surface area contributed by atoms with E-state index in [1.807, 2.05) is 32.0 Å². The van der Waals surface area contributed by atoms with Crippen LogP contribution in [0.5, 0.6) is 0 Å². The van der Waals surface area contributed by atoms with Crippen LogP contribution in [0.2, 0.25) is 5.28 Å². The van der Waals surface area contributed by atoms with Gasteiger partial charge in [-0.15, -0.1) is 0 Å². The number of benzene rings is 1. The predicted octanol–water partition coefficient (Wildman–Crippen LogP) is 3.20. The lowest BCUT2D eigenvalue weighted by Gasteiger charge is -2.08. The van der Waals surface area contributed by atoms with Gasteiger partial charge in [0.25, 0.3) is 0 Å². The van der Waals surface area contributed by atoms with Crippen molar-refractivity contribution in [3.63, 3.8) is 0 Å². The van der Waals surface area contributed by atoms with Crippen LogP contribution < -0.4 is 0 Å². The minimum atomic E-state index is -0.532. The molecule has 0 amide bonds. The summed E-state index contributed by atoms with van der Waals surface area (Å²) < 4.78 is 4.65. The predicted molar refractivity (Wildman–Crippen MR) is 73.3 cm³/mol. The van der Waals surface area contributed by atoms with E-state index in [-0.39, 0.29) is 11.0 Å². The van der Waals surface area contributed by atoms with Gasteiger partial charge in [0, 0.05) is 5.56 Å². The molecule has 0 unspecified atom stereocenters. The number of aromatic nitrogens is 2. The zero-order valence-electron chi connectivity index (χ0n) is 10.9. The van der Waals surface area contributed by atoms with Gasteiger partial charge in [-0.25, -0.2) is 14.8 Å². The normalized spacial score (nSPS) is 10.3. The molecule has 0 spiro atoms. The maximum Gasteiger partial charge on any atom is 0.356 e. The number of methoxy groups -OCH3 is 1. The van der Waals surface area contributed by atoms with Crippen LogP contribution >= 0.6 is 11.6 Å². The molecule has 19 heavy (non-hydrogen) atoms. The molecule has 1 aromatic carbocycles. The van der Waals surface area contributed by atoms with E-state index in [0.717, 1.165) is 16.7 Å². The van der Waals surface area contributed by atoms with Crippen LogP contribution in [0, 0.1) is 13.8 Å². The number of hydrogen-bond donors (Lipinski definition) is 0. The summed E-state index contributed by atoms with van der Waals surface area (Å²) in [5, 5.41) is 0.0267. The van der Waals surface area contributed by atoms with Crippen molar-refractivity contribution in [3.8, 4) is 11.3 Å². The number of aryl methyl sites for hydroxylation is 2. The standard InChI is InChI=1S/C14H13ClN2O2/c1-8-4-5-9(2)10(6-8)11-7-12(13(18)19-3)17-14(15)16-11/h4-7H,1-3H3. The van der Waals surface area contributed by atoms with Crippen molar-refractivity contribution in [2.24, 2.45) is 0 Å². The third kappa shape index (κ3) is 2.90. The first-order valence-electron chi connectivity index (χ1n) is 5.72. The maximum atomic E-state index is 11.5. The smallest absolute Gasteiger partial charge is 0.356 e. The summed E-state index contributed by atoms with van der Waals surface area (Å²) in [4.78, 5) is 19.6. The van der Waals surface area contributed by atoms with Gasteiger partial charge >= 0.3 is 5.97 Å². The molecule has 0 radical (unpaired) electrons. The van der Waals surface area contributed by atoms with Crippen molar-refractivity contribution in [3.05, 3.63) is 46.4 Å². The Morgan fingerprint density at radius 3 is 2.63 bits per heavy atom. The summed E-state index contributed by atoms with van der Waals surface area (Å²) in [5.74, 6) is -0.532. The number of esters is 1. The molecule has 0 fully saturated rings. The van der Waals surface area contributed by atoms with E-state index in [0.29, 0.717) is 5.69 Å². The Morgan fingerprint density at radius 2 is 1.95 bits per heavy atom. The molecule has 0 N–H and O–H groups in total. The van der Waals surface area contributed by atoms with E-state index in [9.17, 15) is 4.79 Å². The van der Waals surface area contributed by atoms with Crippen LogP contribution in [0.1, 0.15) is 21.6 Å². The quantitative estimate of drug-likeness (QED) is 0.624. The SMILES string of the molecule is COC(=O)c1cc(-c2cc(C)ccc2C)nc(Cl)n1. The van der Waals surface area contributed by atoms with Gasteiger partial charge in [0.05, 0.1) is 12.8 Å². The van der Waals surface area contributed by atoms with Crippen LogP contribution in [0.4, 0.5) is 0 Å². The highest BCUT2D eigenvalue weighted by Gasteiger charge is 2.13. The number of nitrogens with zero attached hydrogens (tertiary/aromatic N) is 2. The second kappa shape index (κ2) is 5.36. The Labute approximate surface area is 116 Å². The van der Waals surface area contributed by atoms with Crippen molar-refractivity contribution >= 4 is 17.6 Å². The lowest BCUT2D eigenvalue weighted by Crippen LogP contribution is -2.06. The van der Waals surface area contributed by atoms with E-state index in [2.05, 4.69) is 14.7 Å². The average Bonchev–Trinajstić information content (AvgIpc) is 2.39. The molecule has 0 aliphatic carbocycles. The maximum absolute atomic E-state index is 11.5. The minimum Gasteiger partial charge on any atom is -0.464 e. The van der Waals surface area contributed by atoms with Crippen LogP contribution in [0.15, 0.2) is 24.3 Å². The van der Waals surface area contributed by atoms with Crippen molar-refractivity contribution in [1.82, 2.24) is 9.97 Å². The van der Waals surface area contributed by atoms with Gasteiger partial charge in [-0.05, 0) is 43.1 Å². The first kappa shape index (κ1) is 13.5. The fourth-order valence-corrected chi connectivity index (χ4v) is 1.96. The summed E-state index contributed by atoms with van der Waals surface area (Å²) >= 11 is 5.86. The summed E-state index contributed by atoms with van der Waals surface area (Å²) in [6.45, 7) is 3.97. The number of ether oxygens (including phenoxy) is 1. The van der Waals surface area contributed by atoms with Gasteiger partial charge in [0.2, 0.25) is 5.28 Å². The molecule has 0 aliphatic heterocycles. The molecule has 1 heterocycles. The summed E-state index contributed by atoms with van der Waals surface area (Å²) in [7, 11) is 1.30. The molecule has 5 heteroatoms. The molecule has 1 aromatic heterocycles. The minimum absolute atomic E-state index is 0.0267. The first-order valence-corrected chi connectivity index (χ1v) is 6.09. The molecule has 2 aromatic rings. The second-order valence-corrected chi connectivity index (χ2v) is 4.56. The fourth-order valence-electron chi connectivity index (χ4n) is 1.78. The highest BCUT2D eigenvalue weighted by Crippen LogP contribution is 2.24. The number of halogens is 1. The van der Waals surface area contributed by atoms with E-state index in [1.165, 1.54) is 7.11 Å². The highest BCUT2D eigenvalue weighted by molar-refractivity contribution is 6.28. The van der Waals surface area contributed by atoms with Crippen molar-refractivity contribution in [2.45, 2.75) is 13.8 Å². The van der Waals surface area contributed by atoms with E-state index in [4.69, 9.17) is 11.6 Å². The zero-order chi connectivity index (χ0) is 14.0. The molecule has 0 bridgehead atoms. The Kier molecular flexibility index (Phi) is 3.81. The summed E-state index contributed by atoms with van der Waals surface area (Å²) in [6.07, 6.45) is 0. The molecular formula is C14H13ClN2O2. The molecule has 2 rings (SSSR count). The lowest BCUT2D eigenvalue weighted by molar-refractivity contribution is 0.0594. The van der Waals surface area contributed by atoms with Gasteiger partial charge in [-0.3, -0.25) is 0 Å². The van der Waals surface area contributed by atoms with Crippen LogP contribution in [0.3, 0.4) is 0 Å². The molecular weight excluding hydrogens is 264 g/mol. The molecule has 0 atom stereocenters. The third-order valence-corrected chi connectivity index (χ3v) is 2.93. The van der Waals surface area contributed by atoms with Gasteiger partial charge in [0.15, 0.2) is 5.69 Å². The zero-order valence-corrected chi connectivity index (χ0v) is 11.7. The Hall–Kier alpha value is -1.94. The topological polar surface area (TPSA) is 52.1 Å². The lowest BCUT2D eigenvalue weighted by atomic mass is 10.0. The monoisotopic (exact) mass is 276 g/mol. The third-order valence-electron chi connectivity index (χ3n) is 2.76. The largest absolute Gasteiger partial charge is 0.464 e. The molecule has 0 saturated heterocycles. The molecule has 98 valence electrons. The van der Waals surface area contributed by atoms with Gasteiger partial charge in [-0.2, -0.15) is 0 Å². The van der Waals surface area contributed by atoms with Crippen molar-refractivity contribution in [1.29, 1.82) is 0 Å². The molecule has 4 nitrogen and oxygen atoms in total.